The Labute approximate surface area is 216 Å². The van der Waals surface area contributed by atoms with Crippen molar-refractivity contribution in [2.75, 3.05) is 17.6 Å². The van der Waals surface area contributed by atoms with Gasteiger partial charge < -0.3 is 15.2 Å². The molecular weight excluding hydrogens is 492 g/mol. The third kappa shape index (κ3) is 5.34. The van der Waals surface area contributed by atoms with Crippen LogP contribution in [0.4, 0.5) is 14.5 Å². The van der Waals surface area contributed by atoms with E-state index >= 15 is 0 Å². The first kappa shape index (κ1) is 24.5. The maximum absolute atomic E-state index is 13.9. The monoisotopic (exact) mass is 515 g/mol. The van der Waals surface area contributed by atoms with Gasteiger partial charge in [-0.15, -0.1) is 11.8 Å². The topological polar surface area (TPSA) is 63.1 Å². The van der Waals surface area contributed by atoms with Gasteiger partial charge in [-0.05, 0) is 29.7 Å². The van der Waals surface area contributed by atoms with Crippen LogP contribution in [0.5, 0.6) is 0 Å². The molecule has 0 saturated heterocycles. The fourth-order valence-electron chi connectivity index (χ4n) is 4.27. The molecule has 0 radical (unpaired) electrons. The smallest absolute Gasteiger partial charge is 0.257 e. The van der Waals surface area contributed by atoms with Crippen LogP contribution in [-0.2, 0) is 11.3 Å². The number of nitrogens with zero attached hydrogens (tertiary/aromatic N) is 1. The fourth-order valence-corrected chi connectivity index (χ4v) is 5.16. The molecule has 0 aliphatic rings. The number of benzene rings is 4. The Morgan fingerprint density at radius 2 is 1.49 bits per heavy atom. The molecule has 5 nitrogen and oxygen atoms in total. The number of para-hydroxylation sites is 1. The van der Waals surface area contributed by atoms with Crippen LogP contribution in [0.15, 0.2) is 96.0 Å². The first-order valence-electron chi connectivity index (χ1n) is 11.7. The van der Waals surface area contributed by atoms with Crippen molar-refractivity contribution in [2.24, 2.45) is 0 Å². The predicted octanol–water partition coefficient (Wildman–Crippen LogP) is 6.23. The van der Waals surface area contributed by atoms with Crippen LogP contribution in [0.25, 0.3) is 21.7 Å². The van der Waals surface area contributed by atoms with Crippen LogP contribution < -0.4 is 10.6 Å². The highest BCUT2D eigenvalue weighted by atomic mass is 32.2. The van der Waals surface area contributed by atoms with Crippen molar-refractivity contribution >= 4 is 50.9 Å². The Balaban J connectivity index is 1.25. The molecule has 186 valence electrons. The summed E-state index contributed by atoms with van der Waals surface area (Å²) in [4.78, 5) is 26.0. The second kappa shape index (κ2) is 10.8. The largest absolute Gasteiger partial charge is 0.350 e. The summed E-state index contributed by atoms with van der Waals surface area (Å²) >= 11 is 1.42. The van der Waals surface area contributed by atoms with E-state index in [2.05, 4.69) is 10.6 Å². The summed E-state index contributed by atoms with van der Waals surface area (Å²) in [6.07, 6.45) is 1.93. The van der Waals surface area contributed by atoms with E-state index in [1.165, 1.54) is 17.8 Å². The van der Waals surface area contributed by atoms with Gasteiger partial charge in [0, 0.05) is 46.2 Å². The van der Waals surface area contributed by atoms with Crippen LogP contribution in [0, 0.1) is 11.6 Å². The Hall–Kier alpha value is -4.17. The number of anilines is 1. The number of carbonyl (C=O) groups excluding carboxylic acids is 2. The van der Waals surface area contributed by atoms with Crippen molar-refractivity contribution in [3.63, 3.8) is 0 Å². The van der Waals surface area contributed by atoms with Gasteiger partial charge in [0.1, 0.15) is 17.2 Å². The quantitative estimate of drug-likeness (QED) is 0.241. The molecule has 0 saturated carbocycles. The molecule has 0 aliphatic carbocycles. The number of halogens is 2. The minimum atomic E-state index is -0.899. The number of hydrogen-bond acceptors (Lipinski definition) is 3. The normalized spacial score (nSPS) is 11.1. The van der Waals surface area contributed by atoms with E-state index in [9.17, 15) is 18.4 Å². The maximum Gasteiger partial charge on any atom is 0.257 e. The van der Waals surface area contributed by atoms with Crippen molar-refractivity contribution in [1.29, 1.82) is 0 Å². The summed E-state index contributed by atoms with van der Waals surface area (Å²) in [6, 6.07) is 24.8. The van der Waals surface area contributed by atoms with Gasteiger partial charge in [0.2, 0.25) is 5.91 Å². The zero-order chi connectivity index (χ0) is 25.8. The van der Waals surface area contributed by atoms with Crippen molar-refractivity contribution in [1.82, 2.24) is 9.88 Å². The number of rotatable bonds is 8. The van der Waals surface area contributed by atoms with Gasteiger partial charge >= 0.3 is 0 Å². The van der Waals surface area contributed by atoms with Gasteiger partial charge in [-0.2, -0.15) is 0 Å². The fraction of sp³-hybridized carbons (Fsp3) is 0.103. The average molecular weight is 516 g/mol. The molecule has 5 aromatic rings. The average Bonchev–Trinajstić information content (AvgIpc) is 3.25. The molecular formula is C29H23F2N3O2S. The first-order valence-corrected chi connectivity index (χ1v) is 12.7. The summed E-state index contributed by atoms with van der Waals surface area (Å²) in [7, 11) is 0. The summed E-state index contributed by atoms with van der Waals surface area (Å²) in [5, 5.41) is 8.61. The Kier molecular flexibility index (Phi) is 7.18. The highest BCUT2D eigenvalue weighted by Gasteiger charge is 2.17. The molecule has 5 rings (SSSR count). The van der Waals surface area contributed by atoms with Crippen LogP contribution in [-0.4, -0.2) is 28.7 Å². The first-order chi connectivity index (χ1) is 18.0. The van der Waals surface area contributed by atoms with Gasteiger partial charge in [0.05, 0.1) is 5.75 Å². The number of fused-ring (bicyclic) bond motifs is 2. The van der Waals surface area contributed by atoms with Crippen LogP contribution in [0.3, 0.4) is 0 Å². The zero-order valence-electron chi connectivity index (χ0n) is 19.7. The second-order valence-corrected chi connectivity index (χ2v) is 9.44. The number of nitrogens with one attached hydrogen (secondary N) is 2. The van der Waals surface area contributed by atoms with Gasteiger partial charge in [-0.1, -0.05) is 60.7 Å². The van der Waals surface area contributed by atoms with E-state index in [4.69, 9.17) is 0 Å². The van der Waals surface area contributed by atoms with Crippen molar-refractivity contribution in [3.05, 3.63) is 108 Å². The number of thioether (sulfide) groups is 1. The molecule has 0 spiro atoms. The third-order valence-corrected chi connectivity index (χ3v) is 7.05. The van der Waals surface area contributed by atoms with Crippen LogP contribution >= 0.6 is 11.8 Å². The number of aromatic nitrogens is 1. The Bertz CT molecular complexity index is 1590. The lowest BCUT2D eigenvalue weighted by Crippen LogP contribution is -2.28. The van der Waals surface area contributed by atoms with Crippen molar-refractivity contribution in [3.8, 4) is 0 Å². The molecule has 0 fully saturated rings. The van der Waals surface area contributed by atoms with E-state index in [0.717, 1.165) is 44.4 Å². The molecule has 0 bridgehead atoms. The highest BCUT2D eigenvalue weighted by Crippen LogP contribution is 2.30. The second-order valence-electron chi connectivity index (χ2n) is 8.42. The Morgan fingerprint density at radius 1 is 0.811 bits per heavy atom. The molecule has 0 unspecified atom stereocenters. The van der Waals surface area contributed by atoms with E-state index in [1.807, 2.05) is 77.5 Å². The number of hydrogen-bond donors (Lipinski definition) is 2. The van der Waals surface area contributed by atoms with E-state index in [-0.39, 0.29) is 18.2 Å². The summed E-state index contributed by atoms with van der Waals surface area (Å²) < 4.78 is 29.7. The van der Waals surface area contributed by atoms with Crippen LogP contribution in [0.2, 0.25) is 0 Å². The minimum Gasteiger partial charge on any atom is -0.350 e. The van der Waals surface area contributed by atoms with Crippen molar-refractivity contribution < 1.29 is 18.4 Å². The lowest BCUT2D eigenvalue weighted by molar-refractivity contribution is -0.113. The number of amides is 2. The molecule has 0 atom stereocenters. The summed E-state index contributed by atoms with van der Waals surface area (Å²) in [5.41, 5.74) is 1.12. The minimum absolute atomic E-state index is 0.114. The van der Waals surface area contributed by atoms with Gasteiger partial charge in [-0.25, -0.2) is 8.78 Å². The SMILES string of the molecule is O=C(CSc1cn(CCNC(=O)c2c(F)cccc2F)c2ccccc12)Nc1cccc2ccccc12. The summed E-state index contributed by atoms with van der Waals surface area (Å²) in [5.74, 6) is -2.49. The molecule has 2 N–H and O–H groups in total. The summed E-state index contributed by atoms with van der Waals surface area (Å²) in [6.45, 7) is 0.571. The van der Waals surface area contributed by atoms with Crippen molar-refractivity contribution in [2.45, 2.75) is 11.4 Å². The maximum atomic E-state index is 13.9. The highest BCUT2D eigenvalue weighted by molar-refractivity contribution is 8.00. The van der Waals surface area contributed by atoms with Crippen LogP contribution in [0.1, 0.15) is 10.4 Å². The molecule has 4 aromatic carbocycles. The Morgan fingerprint density at radius 3 is 2.30 bits per heavy atom. The van der Waals surface area contributed by atoms with E-state index < -0.39 is 23.1 Å². The van der Waals surface area contributed by atoms with Gasteiger partial charge in [0.15, 0.2) is 0 Å². The third-order valence-electron chi connectivity index (χ3n) is 6.00. The lowest BCUT2D eigenvalue weighted by Gasteiger charge is -2.09. The van der Waals surface area contributed by atoms with Gasteiger partial charge in [-0.3, -0.25) is 9.59 Å². The van der Waals surface area contributed by atoms with E-state index in [1.54, 1.807) is 0 Å². The van der Waals surface area contributed by atoms with E-state index in [0.29, 0.717) is 6.54 Å². The lowest BCUT2D eigenvalue weighted by atomic mass is 10.1. The standard InChI is InChI=1S/C29H23F2N3O2S/c30-22-11-6-12-23(31)28(22)29(36)32-15-16-34-17-26(21-10-3-4-14-25(21)34)37-18-27(35)33-24-13-5-8-19-7-1-2-9-20(19)24/h1-14,17H,15-16,18H2,(H,32,36)(H,33,35). The zero-order valence-corrected chi connectivity index (χ0v) is 20.5. The number of carbonyl (C=O) groups is 2. The molecule has 1 aromatic heterocycles. The molecule has 37 heavy (non-hydrogen) atoms. The van der Waals surface area contributed by atoms with Gasteiger partial charge in [0.25, 0.3) is 5.91 Å². The molecule has 0 aliphatic heterocycles. The molecule has 2 amide bonds. The molecule has 8 heteroatoms. The molecule has 1 heterocycles. The predicted molar refractivity (Wildman–Crippen MR) is 144 cm³/mol.